The van der Waals surface area contributed by atoms with Crippen LogP contribution in [0, 0.1) is 11.8 Å². The summed E-state index contributed by atoms with van der Waals surface area (Å²) in [6.45, 7) is 3.50. The lowest BCUT2D eigenvalue weighted by molar-refractivity contribution is -0.143. The van der Waals surface area contributed by atoms with Gasteiger partial charge in [0.15, 0.2) is 0 Å². The summed E-state index contributed by atoms with van der Waals surface area (Å²) < 4.78 is 0. The first-order valence-corrected chi connectivity index (χ1v) is 7.72. The molecule has 3 rings (SSSR count). The maximum atomic E-state index is 10.9. The van der Waals surface area contributed by atoms with E-state index in [1.165, 1.54) is 18.7 Å². The average Bonchev–Trinajstić information content (AvgIpc) is 2.44. The van der Waals surface area contributed by atoms with Crippen LogP contribution in [0.5, 0.6) is 0 Å². The summed E-state index contributed by atoms with van der Waals surface area (Å²) >= 11 is 0. The molecular weight excluding hydrogens is 250 g/mol. The molecule has 0 bridgehead atoms. The van der Waals surface area contributed by atoms with E-state index in [2.05, 4.69) is 35.2 Å². The number of carboxylic acid groups (broad SMARTS) is 1. The van der Waals surface area contributed by atoms with Gasteiger partial charge >= 0.3 is 5.97 Å². The zero-order chi connectivity index (χ0) is 13.9. The molecule has 1 aliphatic heterocycles. The quantitative estimate of drug-likeness (QED) is 0.917. The molecule has 1 aliphatic carbocycles. The molecule has 1 N–H and O–H groups in total. The minimum atomic E-state index is -0.600. The molecule has 3 heteroatoms. The number of carbonyl (C=O) groups is 1. The third kappa shape index (κ3) is 3.04. The van der Waals surface area contributed by atoms with Gasteiger partial charge in [-0.05, 0) is 37.2 Å². The van der Waals surface area contributed by atoms with Crippen molar-refractivity contribution >= 4 is 5.97 Å². The Bertz CT molecular complexity index is 445. The van der Waals surface area contributed by atoms with Crippen LogP contribution in [0.2, 0.25) is 0 Å². The maximum Gasteiger partial charge on any atom is 0.306 e. The monoisotopic (exact) mass is 273 g/mol. The highest BCUT2D eigenvalue weighted by Gasteiger charge is 2.32. The van der Waals surface area contributed by atoms with Gasteiger partial charge in [-0.3, -0.25) is 4.79 Å². The highest BCUT2D eigenvalue weighted by Crippen LogP contribution is 2.33. The fraction of sp³-hybridized carbons (Fsp3) is 0.588. The lowest BCUT2D eigenvalue weighted by Gasteiger charge is -2.42. The smallest absolute Gasteiger partial charge is 0.306 e. The van der Waals surface area contributed by atoms with Gasteiger partial charge in [0.2, 0.25) is 0 Å². The van der Waals surface area contributed by atoms with Gasteiger partial charge in [-0.15, -0.1) is 0 Å². The first kappa shape index (κ1) is 13.6. The van der Waals surface area contributed by atoms with Gasteiger partial charge in [0.25, 0.3) is 0 Å². The Kier molecular flexibility index (Phi) is 4.06. The SMILES string of the molecule is O=C(O)C1CCC(CN2CC(c3ccccc3)C2)CC1. The third-order valence-corrected chi connectivity index (χ3v) is 4.94. The van der Waals surface area contributed by atoms with Crippen LogP contribution in [0.1, 0.15) is 37.2 Å². The maximum absolute atomic E-state index is 10.9. The number of rotatable bonds is 4. The number of likely N-dealkylation sites (tertiary alicyclic amines) is 1. The van der Waals surface area contributed by atoms with Crippen molar-refractivity contribution < 1.29 is 9.90 Å². The van der Waals surface area contributed by atoms with Crippen LogP contribution < -0.4 is 0 Å². The Morgan fingerprint density at radius 3 is 2.35 bits per heavy atom. The van der Waals surface area contributed by atoms with Gasteiger partial charge in [-0.25, -0.2) is 0 Å². The van der Waals surface area contributed by atoms with E-state index in [4.69, 9.17) is 5.11 Å². The summed E-state index contributed by atoms with van der Waals surface area (Å²) in [6, 6.07) is 10.7. The van der Waals surface area contributed by atoms with Crippen LogP contribution in [0.25, 0.3) is 0 Å². The predicted molar refractivity (Wildman–Crippen MR) is 78.7 cm³/mol. The molecule has 2 aliphatic rings. The summed E-state index contributed by atoms with van der Waals surface area (Å²) in [5, 5.41) is 9.01. The molecule has 0 atom stereocenters. The van der Waals surface area contributed by atoms with Gasteiger partial charge in [0.05, 0.1) is 5.92 Å². The van der Waals surface area contributed by atoms with Crippen LogP contribution in [0.15, 0.2) is 30.3 Å². The standard InChI is InChI=1S/C17H23NO2/c19-17(20)15-8-6-13(7-9-15)10-18-11-16(12-18)14-4-2-1-3-5-14/h1-5,13,15-16H,6-12H2,(H,19,20). The second-order valence-electron chi connectivity index (χ2n) is 6.38. The largest absolute Gasteiger partial charge is 0.481 e. The van der Waals surface area contributed by atoms with Crippen molar-refractivity contribution in [3.63, 3.8) is 0 Å². The molecule has 1 aromatic rings. The zero-order valence-corrected chi connectivity index (χ0v) is 11.9. The Morgan fingerprint density at radius 1 is 1.10 bits per heavy atom. The molecule has 0 amide bonds. The molecule has 0 spiro atoms. The predicted octanol–water partition coefficient (Wildman–Crippen LogP) is 2.98. The van der Waals surface area contributed by atoms with Crippen molar-refractivity contribution in [2.75, 3.05) is 19.6 Å². The summed E-state index contributed by atoms with van der Waals surface area (Å²) in [7, 11) is 0. The van der Waals surface area contributed by atoms with Crippen LogP contribution in [0.3, 0.4) is 0 Å². The number of aliphatic carboxylic acids is 1. The van der Waals surface area contributed by atoms with E-state index < -0.39 is 5.97 Å². The molecular formula is C17H23NO2. The Labute approximate surface area is 120 Å². The van der Waals surface area contributed by atoms with Crippen molar-refractivity contribution in [3.8, 4) is 0 Å². The third-order valence-electron chi connectivity index (χ3n) is 4.94. The second-order valence-corrected chi connectivity index (χ2v) is 6.38. The van der Waals surface area contributed by atoms with Crippen LogP contribution in [-0.4, -0.2) is 35.6 Å². The van der Waals surface area contributed by atoms with Crippen LogP contribution in [-0.2, 0) is 4.79 Å². The Morgan fingerprint density at radius 2 is 1.75 bits per heavy atom. The molecule has 1 aromatic carbocycles. The first-order chi connectivity index (χ1) is 9.72. The number of nitrogens with zero attached hydrogens (tertiary/aromatic N) is 1. The summed E-state index contributed by atoms with van der Waals surface area (Å²) in [5.74, 6) is 0.727. The molecule has 3 nitrogen and oxygen atoms in total. The average molecular weight is 273 g/mol. The lowest BCUT2D eigenvalue weighted by atomic mass is 9.81. The molecule has 1 saturated carbocycles. The molecule has 0 aromatic heterocycles. The number of benzene rings is 1. The van der Waals surface area contributed by atoms with Gasteiger partial charge in [-0.1, -0.05) is 30.3 Å². The van der Waals surface area contributed by atoms with E-state index in [-0.39, 0.29) is 5.92 Å². The first-order valence-electron chi connectivity index (χ1n) is 7.72. The van der Waals surface area contributed by atoms with E-state index >= 15 is 0 Å². The fourth-order valence-corrected chi connectivity index (χ4v) is 3.61. The van der Waals surface area contributed by atoms with Gasteiger partial charge in [-0.2, -0.15) is 0 Å². The highest BCUT2D eigenvalue weighted by molar-refractivity contribution is 5.69. The molecule has 1 saturated heterocycles. The number of hydrogen-bond acceptors (Lipinski definition) is 2. The van der Waals surface area contributed by atoms with Crippen molar-refractivity contribution in [1.29, 1.82) is 0 Å². The van der Waals surface area contributed by atoms with Crippen molar-refractivity contribution in [2.24, 2.45) is 11.8 Å². The summed E-state index contributed by atoms with van der Waals surface area (Å²) in [6.07, 6.45) is 3.92. The van der Waals surface area contributed by atoms with Crippen molar-refractivity contribution in [2.45, 2.75) is 31.6 Å². The lowest BCUT2D eigenvalue weighted by Crippen LogP contribution is -2.47. The van der Waals surface area contributed by atoms with Crippen LogP contribution >= 0.6 is 0 Å². The molecule has 2 fully saturated rings. The normalized spacial score (nSPS) is 28.0. The zero-order valence-electron chi connectivity index (χ0n) is 11.9. The number of hydrogen-bond donors (Lipinski definition) is 1. The van der Waals surface area contributed by atoms with E-state index in [0.29, 0.717) is 11.8 Å². The summed E-state index contributed by atoms with van der Waals surface area (Å²) in [5.41, 5.74) is 1.46. The van der Waals surface area contributed by atoms with Crippen molar-refractivity contribution in [1.82, 2.24) is 4.90 Å². The van der Waals surface area contributed by atoms with Gasteiger partial charge in [0.1, 0.15) is 0 Å². The minimum absolute atomic E-state index is 0.0836. The van der Waals surface area contributed by atoms with E-state index in [0.717, 1.165) is 32.2 Å². The van der Waals surface area contributed by atoms with Gasteiger partial charge < -0.3 is 10.0 Å². The summed E-state index contributed by atoms with van der Waals surface area (Å²) in [4.78, 5) is 13.5. The van der Waals surface area contributed by atoms with Gasteiger partial charge in [0, 0.05) is 25.6 Å². The van der Waals surface area contributed by atoms with Crippen molar-refractivity contribution in [3.05, 3.63) is 35.9 Å². The topological polar surface area (TPSA) is 40.5 Å². The molecule has 108 valence electrons. The molecule has 20 heavy (non-hydrogen) atoms. The second kappa shape index (κ2) is 5.96. The molecule has 1 heterocycles. The molecule has 0 unspecified atom stereocenters. The highest BCUT2D eigenvalue weighted by atomic mass is 16.4. The number of carboxylic acids is 1. The molecule has 0 radical (unpaired) electrons. The van der Waals surface area contributed by atoms with E-state index in [1.54, 1.807) is 0 Å². The van der Waals surface area contributed by atoms with Crippen LogP contribution in [0.4, 0.5) is 0 Å². The Hall–Kier alpha value is -1.35. The Balaban J connectivity index is 1.41. The fourth-order valence-electron chi connectivity index (χ4n) is 3.61. The minimum Gasteiger partial charge on any atom is -0.481 e. The van der Waals surface area contributed by atoms with E-state index in [9.17, 15) is 4.79 Å². The van der Waals surface area contributed by atoms with E-state index in [1.807, 2.05) is 0 Å².